The van der Waals surface area contributed by atoms with E-state index in [1.807, 2.05) is 0 Å². The van der Waals surface area contributed by atoms with Crippen LogP contribution in [0.15, 0.2) is 23.1 Å². The molecular formula is C18H15ClN4O4. The van der Waals surface area contributed by atoms with Crippen molar-refractivity contribution in [3.8, 4) is 16.9 Å². The summed E-state index contributed by atoms with van der Waals surface area (Å²) < 4.78 is 3.21. The van der Waals surface area contributed by atoms with Gasteiger partial charge in [-0.2, -0.15) is 0 Å². The van der Waals surface area contributed by atoms with E-state index in [0.717, 1.165) is 6.42 Å². The predicted molar refractivity (Wildman–Crippen MR) is 99.0 cm³/mol. The fraction of sp³-hybridized carbons (Fsp3) is 0.222. The fourth-order valence-electron chi connectivity index (χ4n) is 3.51. The largest absolute Gasteiger partial charge is 0.506 e. The van der Waals surface area contributed by atoms with Gasteiger partial charge in [-0.05, 0) is 24.1 Å². The number of primary amides is 1. The quantitative estimate of drug-likeness (QED) is 0.658. The van der Waals surface area contributed by atoms with Crippen LogP contribution < -0.4 is 11.3 Å². The molecule has 1 aliphatic heterocycles. The van der Waals surface area contributed by atoms with E-state index >= 15 is 0 Å². The molecular weight excluding hydrogens is 372 g/mol. The third-order valence-electron chi connectivity index (χ3n) is 4.75. The number of fused-ring (bicyclic) bond motifs is 2. The minimum absolute atomic E-state index is 0.0287. The minimum Gasteiger partial charge on any atom is -0.506 e. The van der Waals surface area contributed by atoms with Crippen molar-refractivity contribution in [3.63, 3.8) is 0 Å². The SMILES string of the molecule is NC(=O)c1cc(-c2cn(CC=O)c3nc4n(c(=O)c23)CCC4)cc(Cl)c1O. The van der Waals surface area contributed by atoms with Crippen LogP contribution in [0.1, 0.15) is 22.6 Å². The molecule has 3 N–H and O–H groups in total. The Morgan fingerprint density at radius 3 is 2.89 bits per heavy atom. The number of hydrogen-bond acceptors (Lipinski definition) is 5. The number of carbonyl (C=O) groups is 2. The third kappa shape index (κ3) is 2.60. The molecule has 0 unspecified atom stereocenters. The van der Waals surface area contributed by atoms with Crippen molar-refractivity contribution in [2.24, 2.45) is 5.73 Å². The minimum atomic E-state index is -0.844. The number of halogens is 1. The summed E-state index contributed by atoms with van der Waals surface area (Å²) in [5.41, 5.74) is 6.25. The second-order valence-electron chi connectivity index (χ2n) is 6.37. The molecule has 0 radical (unpaired) electrons. The second-order valence-corrected chi connectivity index (χ2v) is 6.77. The Balaban J connectivity index is 2.07. The Hall–Kier alpha value is -3.13. The van der Waals surface area contributed by atoms with Crippen LogP contribution >= 0.6 is 11.6 Å². The summed E-state index contributed by atoms with van der Waals surface area (Å²) in [7, 11) is 0. The molecule has 0 spiro atoms. The van der Waals surface area contributed by atoms with E-state index in [2.05, 4.69) is 4.98 Å². The summed E-state index contributed by atoms with van der Waals surface area (Å²) in [6.45, 7) is 0.610. The number of aromatic nitrogens is 3. The number of amides is 1. The van der Waals surface area contributed by atoms with Gasteiger partial charge >= 0.3 is 0 Å². The van der Waals surface area contributed by atoms with E-state index < -0.39 is 11.7 Å². The summed E-state index contributed by atoms with van der Waals surface area (Å²) >= 11 is 6.05. The maximum absolute atomic E-state index is 13.1. The van der Waals surface area contributed by atoms with E-state index in [0.29, 0.717) is 47.2 Å². The molecule has 0 aliphatic carbocycles. The molecule has 0 bridgehead atoms. The first-order chi connectivity index (χ1) is 12.9. The summed E-state index contributed by atoms with van der Waals surface area (Å²) in [6, 6.07) is 2.82. The van der Waals surface area contributed by atoms with Gasteiger partial charge in [-0.3, -0.25) is 14.2 Å². The highest BCUT2D eigenvalue weighted by Crippen LogP contribution is 2.36. The van der Waals surface area contributed by atoms with E-state index in [1.54, 1.807) is 15.3 Å². The zero-order chi connectivity index (χ0) is 19.3. The van der Waals surface area contributed by atoms with Gasteiger partial charge in [0.2, 0.25) is 0 Å². The van der Waals surface area contributed by atoms with E-state index in [4.69, 9.17) is 17.3 Å². The Morgan fingerprint density at radius 1 is 1.41 bits per heavy atom. The number of benzene rings is 1. The van der Waals surface area contributed by atoms with Crippen molar-refractivity contribution < 1.29 is 14.7 Å². The molecule has 1 aromatic carbocycles. The van der Waals surface area contributed by atoms with Crippen LogP contribution in [0.3, 0.4) is 0 Å². The topological polar surface area (TPSA) is 120 Å². The molecule has 0 fully saturated rings. The lowest BCUT2D eigenvalue weighted by atomic mass is 10.0. The Kier molecular flexibility index (Phi) is 4.00. The van der Waals surface area contributed by atoms with Gasteiger partial charge in [0.25, 0.3) is 11.5 Å². The Bertz CT molecular complexity index is 1180. The highest BCUT2D eigenvalue weighted by molar-refractivity contribution is 6.33. The third-order valence-corrected chi connectivity index (χ3v) is 5.04. The van der Waals surface area contributed by atoms with E-state index in [1.165, 1.54) is 12.1 Å². The number of rotatable bonds is 4. The number of aldehydes is 1. The number of nitrogens with two attached hydrogens (primary N) is 1. The average Bonchev–Trinajstić information content (AvgIpc) is 3.23. The standard InChI is InChI=1S/C18H15ClN4O4/c19-12-7-9(6-10(15(12)25)16(20)26)11-8-22(4-5-24)17-14(11)18(27)23-3-1-2-13(23)21-17/h5-8,25H,1-4H2,(H2,20,26). The van der Waals surface area contributed by atoms with Gasteiger partial charge in [0, 0.05) is 24.7 Å². The zero-order valence-electron chi connectivity index (χ0n) is 14.1. The van der Waals surface area contributed by atoms with Crippen molar-refractivity contribution in [2.45, 2.75) is 25.9 Å². The second kappa shape index (κ2) is 6.24. The molecule has 2 aromatic heterocycles. The lowest BCUT2D eigenvalue weighted by molar-refractivity contribution is -0.108. The molecule has 27 heavy (non-hydrogen) atoms. The number of aryl methyl sites for hydroxylation is 1. The molecule has 0 saturated carbocycles. The molecule has 0 saturated heterocycles. The molecule has 1 aliphatic rings. The summed E-state index contributed by atoms with van der Waals surface area (Å²) in [5, 5.41) is 10.2. The number of phenols is 1. The predicted octanol–water partition coefficient (Wildman–Crippen LogP) is 1.47. The van der Waals surface area contributed by atoms with Crippen LogP contribution in [-0.4, -0.2) is 31.4 Å². The van der Waals surface area contributed by atoms with Crippen molar-refractivity contribution in [1.29, 1.82) is 0 Å². The molecule has 3 aromatic rings. The first-order valence-corrected chi connectivity index (χ1v) is 8.69. The van der Waals surface area contributed by atoms with Crippen molar-refractivity contribution in [3.05, 3.63) is 45.1 Å². The molecule has 1 amide bonds. The van der Waals surface area contributed by atoms with Crippen LogP contribution in [0, 0.1) is 0 Å². The Labute approximate surface area is 157 Å². The van der Waals surface area contributed by atoms with Crippen LogP contribution in [-0.2, 0) is 24.3 Å². The van der Waals surface area contributed by atoms with Gasteiger partial charge < -0.3 is 20.2 Å². The average molecular weight is 387 g/mol. The van der Waals surface area contributed by atoms with Crippen LogP contribution in [0.4, 0.5) is 0 Å². The van der Waals surface area contributed by atoms with Gasteiger partial charge in [-0.15, -0.1) is 0 Å². The maximum atomic E-state index is 13.1. The van der Waals surface area contributed by atoms with Gasteiger partial charge in [-0.1, -0.05) is 11.6 Å². The van der Waals surface area contributed by atoms with Gasteiger partial charge in [0.05, 0.1) is 22.5 Å². The fourth-order valence-corrected chi connectivity index (χ4v) is 3.73. The highest BCUT2D eigenvalue weighted by atomic mass is 35.5. The summed E-state index contributed by atoms with van der Waals surface area (Å²) in [4.78, 5) is 40.3. The highest BCUT2D eigenvalue weighted by Gasteiger charge is 2.23. The van der Waals surface area contributed by atoms with E-state index in [9.17, 15) is 19.5 Å². The van der Waals surface area contributed by atoms with E-state index in [-0.39, 0.29) is 22.7 Å². The number of aromatic hydroxyl groups is 1. The van der Waals surface area contributed by atoms with Crippen LogP contribution in [0.2, 0.25) is 5.02 Å². The summed E-state index contributed by atoms with van der Waals surface area (Å²) in [6.07, 6.45) is 3.86. The molecule has 8 nitrogen and oxygen atoms in total. The van der Waals surface area contributed by atoms with Crippen molar-refractivity contribution >= 4 is 34.8 Å². The molecule has 3 heterocycles. The van der Waals surface area contributed by atoms with Crippen LogP contribution in [0.5, 0.6) is 5.75 Å². The molecule has 9 heteroatoms. The van der Waals surface area contributed by atoms with Gasteiger partial charge in [0.1, 0.15) is 23.5 Å². The smallest absolute Gasteiger partial charge is 0.263 e. The number of carbonyl (C=O) groups excluding carboxylic acids is 2. The number of hydrogen-bond donors (Lipinski definition) is 2. The molecule has 0 atom stereocenters. The molecule has 4 rings (SSSR count). The first kappa shape index (κ1) is 17.3. The summed E-state index contributed by atoms with van der Waals surface area (Å²) in [5.74, 6) is -0.574. The number of nitrogens with zero attached hydrogens (tertiary/aromatic N) is 3. The maximum Gasteiger partial charge on any atom is 0.263 e. The molecule has 138 valence electrons. The Morgan fingerprint density at radius 2 is 2.19 bits per heavy atom. The normalized spacial score (nSPS) is 13.1. The van der Waals surface area contributed by atoms with Crippen LogP contribution in [0.25, 0.3) is 22.2 Å². The van der Waals surface area contributed by atoms with Crippen molar-refractivity contribution in [1.82, 2.24) is 14.1 Å². The zero-order valence-corrected chi connectivity index (χ0v) is 14.9. The van der Waals surface area contributed by atoms with Crippen molar-refractivity contribution in [2.75, 3.05) is 0 Å². The first-order valence-electron chi connectivity index (χ1n) is 8.31. The van der Waals surface area contributed by atoms with Gasteiger partial charge in [-0.25, -0.2) is 4.98 Å². The lowest BCUT2D eigenvalue weighted by Crippen LogP contribution is -2.21. The monoisotopic (exact) mass is 386 g/mol. The lowest BCUT2D eigenvalue weighted by Gasteiger charge is -2.08. The van der Waals surface area contributed by atoms with Gasteiger partial charge in [0.15, 0.2) is 0 Å².